The number of rotatable bonds is 4. The fraction of sp³-hybridized carbons (Fsp3) is 0. The van der Waals surface area contributed by atoms with Crippen LogP contribution in [-0.4, -0.2) is 11.2 Å². The molecule has 0 unspecified atom stereocenters. The molecule has 0 fully saturated rings. The Labute approximate surface area is 157 Å². The van der Waals surface area contributed by atoms with Gasteiger partial charge >= 0.3 is 0 Å². The largest absolute Gasteiger partial charge is 0.455 e. The normalized spacial score (nSPS) is 11.4. The molecule has 124 valence electrons. The number of aromatic nitrogens is 1. The van der Waals surface area contributed by atoms with E-state index in [4.69, 9.17) is 27.6 Å². The zero-order chi connectivity index (χ0) is 17.2. The van der Waals surface area contributed by atoms with Gasteiger partial charge in [-0.1, -0.05) is 46.7 Å². The van der Waals surface area contributed by atoms with Gasteiger partial charge in [-0.05, 0) is 42.5 Å². The first-order valence-corrected chi connectivity index (χ1v) is 8.96. The standard InChI is InChI=1S/C18H11Cl2N3OS/c19-13-7-5-11(9-14(13)20)16-8-6-12(24-16)10-21-23-18-22-15-3-1-2-4-17(15)25-18/h1-10H,(H,22,23). The first-order chi connectivity index (χ1) is 12.2. The first-order valence-electron chi connectivity index (χ1n) is 7.39. The Balaban J connectivity index is 1.48. The van der Waals surface area contributed by atoms with E-state index >= 15 is 0 Å². The molecule has 0 aliphatic rings. The van der Waals surface area contributed by atoms with E-state index in [0.29, 0.717) is 21.6 Å². The van der Waals surface area contributed by atoms with Gasteiger partial charge in [0.2, 0.25) is 5.13 Å². The average Bonchev–Trinajstić information content (AvgIpc) is 3.24. The van der Waals surface area contributed by atoms with Gasteiger partial charge in [-0.2, -0.15) is 5.10 Å². The second-order valence-corrected chi connectivity index (χ2v) is 7.03. The van der Waals surface area contributed by atoms with E-state index in [-0.39, 0.29) is 0 Å². The number of thiazole rings is 1. The van der Waals surface area contributed by atoms with Gasteiger partial charge in [-0.25, -0.2) is 4.98 Å². The number of nitrogens with one attached hydrogen (secondary N) is 1. The van der Waals surface area contributed by atoms with E-state index in [0.717, 1.165) is 20.9 Å². The molecule has 0 bridgehead atoms. The van der Waals surface area contributed by atoms with Crippen LogP contribution in [0.25, 0.3) is 21.5 Å². The van der Waals surface area contributed by atoms with Gasteiger partial charge < -0.3 is 4.42 Å². The molecule has 7 heteroatoms. The molecule has 2 aromatic heterocycles. The number of fused-ring (bicyclic) bond motifs is 1. The van der Waals surface area contributed by atoms with Crippen molar-refractivity contribution in [2.75, 3.05) is 5.43 Å². The van der Waals surface area contributed by atoms with Crippen LogP contribution in [0.15, 0.2) is 64.1 Å². The third-order valence-corrected chi connectivity index (χ3v) is 5.16. The lowest BCUT2D eigenvalue weighted by molar-refractivity contribution is 0.575. The zero-order valence-electron chi connectivity index (χ0n) is 12.7. The van der Waals surface area contributed by atoms with Crippen LogP contribution in [0.2, 0.25) is 10.0 Å². The lowest BCUT2D eigenvalue weighted by Gasteiger charge is -1.99. The minimum atomic E-state index is 0.489. The Morgan fingerprint density at radius 2 is 1.92 bits per heavy atom. The number of halogens is 2. The monoisotopic (exact) mass is 387 g/mol. The highest BCUT2D eigenvalue weighted by Gasteiger charge is 2.06. The maximum atomic E-state index is 6.04. The Bertz CT molecular complexity index is 1040. The highest BCUT2D eigenvalue weighted by atomic mass is 35.5. The summed E-state index contributed by atoms with van der Waals surface area (Å²) in [5, 5.41) is 5.91. The third-order valence-electron chi connectivity index (χ3n) is 3.48. The molecule has 4 rings (SSSR count). The highest BCUT2D eigenvalue weighted by molar-refractivity contribution is 7.22. The van der Waals surface area contributed by atoms with Gasteiger partial charge in [-0.15, -0.1) is 0 Å². The summed E-state index contributed by atoms with van der Waals surface area (Å²) in [6.07, 6.45) is 1.60. The summed E-state index contributed by atoms with van der Waals surface area (Å²) in [4.78, 5) is 4.45. The molecule has 0 aliphatic heterocycles. The molecule has 4 nitrogen and oxygen atoms in total. The van der Waals surface area contributed by atoms with Crippen LogP contribution in [0.1, 0.15) is 5.76 Å². The lowest BCUT2D eigenvalue weighted by atomic mass is 10.2. The zero-order valence-corrected chi connectivity index (χ0v) is 15.1. The molecule has 0 amide bonds. The number of benzene rings is 2. The third kappa shape index (κ3) is 3.54. The van der Waals surface area contributed by atoms with Crippen LogP contribution >= 0.6 is 34.5 Å². The van der Waals surface area contributed by atoms with E-state index < -0.39 is 0 Å². The van der Waals surface area contributed by atoms with Crippen molar-refractivity contribution in [2.45, 2.75) is 0 Å². The number of furan rings is 1. The topological polar surface area (TPSA) is 50.4 Å². The predicted molar refractivity (Wildman–Crippen MR) is 105 cm³/mol. The Morgan fingerprint density at radius 1 is 1.04 bits per heavy atom. The maximum Gasteiger partial charge on any atom is 0.204 e. The molecular formula is C18H11Cl2N3OS. The molecule has 0 atom stereocenters. The summed E-state index contributed by atoms with van der Waals surface area (Å²) in [6, 6.07) is 17.0. The summed E-state index contributed by atoms with van der Waals surface area (Å²) in [6.45, 7) is 0. The molecule has 2 aromatic carbocycles. The lowest BCUT2D eigenvalue weighted by Crippen LogP contribution is -1.88. The fourth-order valence-corrected chi connectivity index (χ4v) is 3.41. The summed E-state index contributed by atoms with van der Waals surface area (Å²) in [5.74, 6) is 1.31. The van der Waals surface area contributed by atoms with Gasteiger partial charge in [0.25, 0.3) is 0 Å². The molecule has 0 saturated carbocycles. The minimum absolute atomic E-state index is 0.489. The minimum Gasteiger partial charge on any atom is -0.455 e. The van der Waals surface area contributed by atoms with Crippen LogP contribution < -0.4 is 5.43 Å². The van der Waals surface area contributed by atoms with Gasteiger partial charge in [0.1, 0.15) is 11.5 Å². The molecule has 25 heavy (non-hydrogen) atoms. The Hall–Kier alpha value is -2.34. The van der Waals surface area contributed by atoms with Crippen LogP contribution in [0.4, 0.5) is 5.13 Å². The molecule has 4 aromatic rings. The second-order valence-electron chi connectivity index (χ2n) is 5.19. The van der Waals surface area contributed by atoms with E-state index in [2.05, 4.69) is 15.5 Å². The maximum absolute atomic E-state index is 6.04. The SMILES string of the molecule is Clc1ccc(-c2ccc(C=NNc3nc4ccccc4s3)o2)cc1Cl. The number of nitrogens with zero attached hydrogens (tertiary/aromatic N) is 2. The first kappa shape index (κ1) is 16.1. The van der Waals surface area contributed by atoms with Gasteiger partial charge in [0.05, 0.1) is 26.5 Å². The quantitative estimate of drug-likeness (QED) is 0.329. The molecular weight excluding hydrogens is 377 g/mol. The second kappa shape index (κ2) is 6.88. The van der Waals surface area contributed by atoms with Crippen molar-refractivity contribution in [1.82, 2.24) is 4.98 Å². The van der Waals surface area contributed by atoms with Gasteiger partial charge in [0.15, 0.2) is 0 Å². The van der Waals surface area contributed by atoms with Crippen molar-refractivity contribution >= 4 is 56.1 Å². The van der Waals surface area contributed by atoms with Crippen molar-refractivity contribution in [3.8, 4) is 11.3 Å². The molecule has 1 N–H and O–H groups in total. The van der Waals surface area contributed by atoms with Crippen LogP contribution in [0, 0.1) is 0 Å². The van der Waals surface area contributed by atoms with Crippen molar-refractivity contribution in [3.63, 3.8) is 0 Å². The number of para-hydroxylation sites is 1. The van der Waals surface area contributed by atoms with E-state index in [1.807, 2.05) is 42.5 Å². The Kier molecular flexibility index (Phi) is 4.44. The Morgan fingerprint density at radius 3 is 2.76 bits per heavy atom. The summed E-state index contributed by atoms with van der Waals surface area (Å²) in [7, 11) is 0. The number of hydrogen-bond donors (Lipinski definition) is 1. The van der Waals surface area contributed by atoms with Gasteiger partial charge in [-0.3, -0.25) is 5.43 Å². The predicted octanol–water partition coefficient (Wildman–Crippen LogP) is 6.31. The molecule has 0 aliphatic carbocycles. The molecule has 2 heterocycles. The molecule has 0 saturated heterocycles. The summed E-state index contributed by atoms with van der Waals surface area (Å²) in [5.41, 5.74) is 4.73. The van der Waals surface area contributed by atoms with Crippen LogP contribution in [0.3, 0.4) is 0 Å². The van der Waals surface area contributed by atoms with E-state index in [1.54, 1.807) is 29.7 Å². The summed E-state index contributed by atoms with van der Waals surface area (Å²) >= 11 is 13.5. The summed E-state index contributed by atoms with van der Waals surface area (Å²) < 4.78 is 6.86. The van der Waals surface area contributed by atoms with Crippen molar-refractivity contribution in [1.29, 1.82) is 0 Å². The van der Waals surface area contributed by atoms with Crippen molar-refractivity contribution < 1.29 is 4.42 Å². The van der Waals surface area contributed by atoms with Crippen LogP contribution in [0.5, 0.6) is 0 Å². The smallest absolute Gasteiger partial charge is 0.204 e. The highest BCUT2D eigenvalue weighted by Crippen LogP contribution is 2.29. The average molecular weight is 388 g/mol. The number of anilines is 1. The van der Waals surface area contributed by atoms with E-state index in [1.165, 1.54) is 0 Å². The molecule has 0 spiro atoms. The van der Waals surface area contributed by atoms with Crippen molar-refractivity contribution in [2.24, 2.45) is 5.10 Å². The molecule has 0 radical (unpaired) electrons. The number of hydrogen-bond acceptors (Lipinski definition) is 5. The fourth-order valence-electron chi connectivity index (χ4n) is 2.30. The van der Waals surface area contributed by atoms with Crippen LogP contribution in [-0.2, 0) is 0 Å². The van der Waals surface area contributed by atoms with Gasteiger partial charge in [0, 0.05) is 5.56 Å². The van der Waals surface area contributed by atoms with Crippen molar-refractivity contribution in [3.05, 3.63) is 70.4 Å². The van der Waals surface area contributed by atoms with E-state index in [9.17, 15) is 0 Å². The number of hydrazone groups is 1.